The van der Waals surface area contributed by atoms with Crippen LogP contribution in [0.5, 0.6) is 5.75 Å². The average Bonchev–Trinajstić information content (AvgIpc) is 2.30. The molecule has 0 unspecified atom stereocenters. The van der Waals surface area contributed by atoms with Crippen molar-refractivity contribution in [1.29, 1.82) is 0 Å². The molecule has 0 spiro atoms. The maximum atomic E-state index is 10.8. The molecule has 1 aromatic rings. The van der Waals surface area contributed by atoms with Crippen LogP contribution in [0.2, 0.25) is 0 Å². The second-order valence-electron chi connectivity index (χ2n) is 2.65. The van der Waals surface area contributed by atoms with Gasteiger partial charge in [0.2, 0.25) is 0 Å². The molecule has 0 aromatic heterocycles. The number of esters is 1. The number of benzene rings is 1. The van der Waals surface area contributed by atoms with Crippen LogP contribution >= 0.6 is 0 Å². The van der Waals surface area contributed by atoms with Gasteiger partial charge in [-0.2, -0.15) is 8.42 Å². The van der Waals surface area contributed by atoms with Gasteiger partial charge in [-0.15, -0.1) is 0 Å². The van der Waals surface area contributed by atoms with Crippen molar-refractivity contribution in [2.75, 3.05) is 0 Å². The minimum absolute atomic E-state index is 0.0266. The number of carbonyl (C=O) groups is 1. The summed E-state index contributed by atoms with van der Waals surface area (Å²) in [6.07, 6.45) is 0.275. The normalized spacial score (nSPS) is 8.53. The smallest absolute Gasteiger partial charge is 0.335 e. The largest absolute Gasteiger partial charge is 0.427 e. The lowest BCUT2D eigenvalue weighted by Crippen LogP contribution is -2.05. The zero-order valence-electron chi connectivity index (χ0n) is 8.82. The fraction of sp³-hybridized carbons (Fsp3) is 0.222. The minimum Gasteiger partial charge on any atom is -0.427 e. The molecule has 0 aliphatic carbocycles. The van der Waals surface area contributed by atoms with E-state index in [1.807, 2.05) is 0 Å². The molecule has 1 rings (SSSR count). The summed E-state index contributed by atoms with van der Waals surface area (Å²) in [4.78, 5) is 20.6. The molecule has 8 heteroatoms. The average molecular weight is 259 g/mol. The van der Waals surface area contributed by atoms with Gasteiger partial charge in [0.1, 0.15) is 5.75 Å². The molecule has 0 saturated heterocycles. The van der Waals surface area contributed by atoms with Crippen molar-refractivity contribution in [3.8, 4) is 5.75 Å². The first kappa shape index (κ1) is 14.9. The Hall–Kier alpha value is -2.09. The number of carbonyl (C=O) groups excluding carboxylic acids is 1. The molecule has 0 N–H and O–H groups in total. The monoisotopic (exact) mass is 259 g/mol. The van der Waals surface area contributed by atoms with Crippen LogP contribution < -0.4 is 4.74 Å². The third-order valence-corrected chi connectivity index (χ3v) is 1.57. The van der Waals surface area contributed by atoms with E-state index in [9.17, 15) is 14.9 Å². The van der Waals surface area contributed by atoms with Gasteiger partial charge >= 0.3 is 17.5 Å². The third-order valence-electron chi connectivity index (χ3n) is 1.57. The molecule has 0 radical (unpaired) electrons. The molecule has 0 heterocycles. The van der Waals surface area contributed by atoms with Gasteiger partial charge in [-0.3, -0.25) is 14.9 Å². The summed E-state index contributed by atoms with van der Waals surface area (Å²) < 4.78 is 21.4. The molecular weight excluding hydrogens is 250 g/mol. The van der Waals surface area contributed by atoms with Gasteiger partial charge in [-0.25, -0.2) is 0 Å². The van der Waals surface area contributed by atoms with Crippen LogP contribution in [0.15, 0.2) is 24.3 Å². The highest BCUT2D eigenvalue weighted by Crippen LogP contribution is 2.17. The fourth-order valence-corrected chi connectivity index (χ4v) is 0.840. The van der Waals surface area contributed by atoms with Crippen LogP contribution in [0.3, 0.4) is 0 Å². The van der Waals surface area contributed by atoms with E-state index in [0.717, 1.165) is 0 Å². The molecule has 0 amide bonds. The molecule has 0 atom stereocenters. The van der Waals surface area contributed by atoms with Crippen LogP contribution in [0, 0.1) is 10.1 Å². The number of hydrogen-bond acceptors (Lipinski definition) is 6. The molecule has 1 aromatic carbocycles. The molecule has 0 fully saturated rings. The van der Waals surface area contributed by atoms with E-state index in [-0.39, 0.29) is 18.1 Å². The number of hydrogen-bond donors (Lipinski definition) is 0. The topological polar surface area (TPSA) is 104 Å². The molecule has 0 aliphatic heterocycles. The first-order valence-corrected chi connectivity index (χ1v) is 5.08. The Morgan fingerprint density at radius 2 is 1.82 bits per heavy atom. The van der Waals surface area contributed by atoms with Gasteiger partial charge in [0.15, 0.2) is 0 Å². The van der Waals surface area contributed by atoms with Gasteiger partial charge < -0.3 is 4.74 Å². The Morgan fingerprint density at radius 3 is 2.18 bits per heavy atom. The van der Waals surface area contributed by atoms with E-state index in [1.165, 1.54) is 24.3 Å². The Kier molecular flexibility index (Phi) is 7.11. The first-order valence-electron chi connectivity index (χ1n) is 4.42. The maximum Gasteiger partial charge on any atom is 0.335 e. The molecule has 7 nitrogen and oxygen atoms in total. The fourth-order valence-electron chi connectivity index (χ4n) is 0.840. The highest BCUT2D eigenvalue weighted by atomic mass is 32.1. The van der Waals surface area contributed by atoms with Gasteiger partial charge in [-0.1, -0.05) is 6.92 Å². The zero-order chi connectivity index (χ0) is 13.3. The highest BCUT2D eigenvalue weighted by Gasteiger charge is 2.06. The van der Waals surface area contributed by atoms with Crippen molar-refractivity contribution in [1.82, 2.24) is 0 Å². The van der Waals surface area contributed by atoms with E-state index >= 15 is 0 Å². The van der Waals surface area contributed by atoms with E-state index in [1.54, 1.807) is 6.92 Å². The standard InChI is InChI=1S/C9H9NO4.O2S/c1-2-9(11)14-8-5-3-7(4-6-8)10(12)13;1-3-2/h3-6H,2H2,1H3;. The van der Waals surface area contributed by atoms with Gasteiger partial charge in [0.25, 0.3) is 5.69 Å². The molecule has 92 valence electrons. The molecule has 0 aliphatic rings. The van der Waals surface area contributed by atoms with Crippen molar-refractivity contribution in [2.24, 2.45) is 0 Å². The third kappa shape index (κ3) is 6.15. The van der Waals surface area contributed by atoms with Crippen LogP contribution in [0.4, 0.5) is 5.69 Å². The van der Waals surface area contributed by atoms with E-state index in [0.29, 0.717) is 5.75 Å². The van der Waals surface area contributed by atoms with Crippen molar-refractivity contribution < 1.29 is 22.9 Å². The summed E-state index contributed by atoms with van der Waals surface area (Å²) in [5.41, 5.74) is -0.0266. The number of rotatable bonds is 3. The number of ether oxygens (including phenoxy) is 1. The summed E-state index contributed by atoms with van der Waals surface area (Å²) in [5.74, 6) is -0.0405. The summed E-state index contributed by atoms with van der Waals surface area (Å²) >= 11 is -0.750. The lowest BCUT2D eigenvalue weighted by Gasteiger charge is -2.00. The van der Waals surface area contributed by atoms with Crippen LogP contribution in [-0.2, 0) is 16.4 Å². The van der Waals surface area contributed by atoms with Crippen molar-refractivity contribution >= 4 is 23.2 Å². The second kappa shape index (κ2) is 8.11. The van der Waals surface area contributed by atoms with Crippen molar-refractivity contribution in [2.45, 2.75) is 13.3 Å². The Morgan fingerprint density at radius 1 is 1.35 bits per heavy atom. The highest BCUT2D eigenvalue weighted by molar-refractivity contribution is 7.51. The summed E-state index contributed by atoms with van der Waals surface area (Å²) in [7, 11) is 0. The Labute approximate surface area is 100 Å². The SMILES string of the molecule is CCC(=O)Oc1ccc([N+](=O)[O-])cc1.O=S=O. The maximum absolute atomic E-state index is 10.8. The van der Waals surface area contributed by atoms with E-state index < -0.39 is 16.5 Å². The molecule has 0 bridgehead atoms. The Balaban J connectivity index is 0.000000770. The van der Waals surface area contributed by atoms with Crippen molar-refractivity contribution in [3.63, 3.8) is 0 Å². The van der Waals surface area contributed by atoms with Gasteiger partial charge in [-0.05, 0) is 12.1 Å². The lowest BCUT2D eigenvalue weighted by molar-refractivity contribution is -0.384. The number of non-ortho nitro benzene ring substituents is 1. The number of nitro benzene ring substituents is 1. The molecule has 0 saturated carbocycles. The van der Waals surface area contributed by atoms with Crippen LogP contribution in [0.25, 0.3) is 0 Å². The first-order chi connectivity index (χ1) is 8.04. The summed E-state index contributed by atoms with van der Waals surface area (Å²) in [6, 6.07) is 5.37. The zero-order valence-corrected chi connectivity index (χ0v) is 9.64. The van der Waals surface area contributed by atoms with Gasteiger partial charge in [0.05, 0.1) is 4.92 Å². The van der Waals surface area contributed by atoms with Crippen LogP contribution in [-0.4, -0.2) is 19.3 Å². The second-order valence-corrected chi connectivity index (χ2v) is 2.78. The van der Waals surface area contributed by atoms with E-state index in [4.69, 9.17) is 13.2 Å². The Bertz CT molecular complexity index is 424. The number of nitro groups is 1. The van der Waals surface area contributed by atoms with Gasteiger partial charge in [0, 0.05) is 18.6 Å². The van der Waals surface area contributed by atoms with Crippen molar-refractivity contribution in [3.05, 3.63) is 34.4 Å². The summed E-state index contributed by atoms with van der Waals surface area (Å²) in [6.45, 7) is 1.67. The molecule has 17 heavy (non-hydrogen) atoms. The van der Waals surface area contributed by atoms with E-state index in [2.05, 4.69) is 0 Å². The number of nitrogens with zero attached hydrogens (tertiary/aromatic N) is 1. The predicted molar refractivity (Wildman–Crippen MR) is 57.9 cm³/mol. The van der Waals surface area contributed by atoms with Crippen LogP contribution in [0.1, 0.15) is 13.3 Å². The molecular formula is C9H9NO6S. The lowest BCUT2D eigenvalue weighted by atomic mass is 10.3. The predicted octanol–water partition coefficient (Wildman–Crippen LogP) is 1.24. The summed E-state index contributed by atoms with van der Waals surface area (Å²) in [5, 5.41) is 10.3. The minimum atomic E-state index is -0.750. The quantitative estimate of drug-likeness (QED) is 0.350.